The van der Waals surface area contributed by atoms with Gasteiger partial charge in [-0.25, -0.2) is 27.2 Å². The quantitative estimate of drug-likeness (QED) is 0.534. The molecule has 1 saturated heterocycles. The summed E-state index contributed by atoms with van der Waals surface area (Å²) in [5, 5.41) is 0.632. The number of carbonyl (C=O) groups excluding carboxylic acids is 1. The standard InChI is InChI=1S/C25H33N5O4S/c1-17-7-9-19(10-8-17)35(32,33)30-14-12-20-22(26-16-27-23(20)30)28(6)21-15-29(13-11-18(21)2)24(31)34-25(3,4)5/h7-10,12,14,16,18,21H,11,13,15H2,1-6H3. The number of likely N-dealkylation sites (N-methyl/N-ethyl adjacent to an activating group) is 1. The second-order valence-corrected chi connectivity index (χ2v) is 12.0. The number of amides is 1. The van der Waals surface area contributed by atoms with E-state index in [1.165, 1.54) is 16.5 Å². The van der Waals surface area contributed by atoms with E-state index < -0.39 is 15.6 Å². The Hall–Kier alpha value is -3.14. The molecule has 1 fully saturated rings. The van der Waals surface area contributed by atoms with Crippen molar-refractivity contribution in [2.45, 2.75) is 57.6 Å². The Kier molecular flexibility index (Phi) is 6.52. The van der Waals surface area contributed by atoms with Gasteiger partial charge in [-0.15, -0.1) is 0 Å². The molecule has 35 heavy (non-hydrogen) atoms. The van der Waals surface area contributed by atoms with Gasteiger partial charge in [0.2, 0.25) is 0 Å². The molecule has 2 unspecified atom stereocenters. The van der Waals surface area contributed by atoms with Gasteiger partial charge < -0.3 is 14.5 Å². The first kappa shape index (κ1) is 25.0. The van der Waals surface area contributed by atoms with Crippen molar-refractivity contribution in [1.82, 2.24) is 18.8 Å². The van der Waals surface area contributed by atoms with Crippen molar-refractivity contribution < 1.29 is 17.9 Å². The topological polar surface area (TPSA) is 97.6 Å². The number of nitrogens with zero attached hydrogens (tertiary/aromatic N) is 5. The van der Waals surface area contributed by atoms with Crippen LogP contribution < -0.4 is 4.90 Å². The van der Waals surface area contributed by atoms with E-state index in [0.29, 0.717) is 35.9 Å². The van der Waals surface area contributed by atoms with E-state index in [1.54, 1.807) is 35.2 Å². The molecule has 2 aromatic heterocycles. The number of aryl methyl sites for hydroxylation is 1. The Labute approximate surface area is 206 Å². The van der Waals surface area contributed by atoms with Gasteiger partial charge in [-0.3, -0.25) is 0 Å². The molecule has 3 heterocycles. The summed E-state index contributed by atoms with van der Waals surface area (Å²) in [6, 6.07) is 8.44. The lowest BCUT2D eigenvalue weighted by atomic mass is 9.92. The number of piperidine rings is 1. The van der Waals surface area contributed by atoms with Crippen molar-refractivity contribution in [1.29, 1.82) is 0 Å². The lowest BCUT2D eigenvalue weighted by Crippen LogP contribution is -2.53. The summed E-state index contributed by atoms with van der Waals surface area (Å²) in [6.07, 6.45) is 3.40. The highest BCUT2D eigenvalue weighted by Crippen LogP contribution is 2.31. The van der Waals surface area contributed by atoms with E-state index in [2.05, 4.69) is 16.9 Å². The average molecular weight is 500 g/mol. The van der Waals surface area contributed by atoms with Crippen molar-refractivity contribution in [3.05, 3.63) is 48.4 Å². The average Bonchev–Trinajstić information content (AvgIpc) is 3.23. The Bertz CT molecular complexity index is 1330. The van der Waals surface area contributed by atoms with Crippen molar-refractivity contribution in [3.8, 4) is 0 Å². The number of ether oxygens (including phenoxy) is 1. The number of rotatable bonds is 4. The number of hydrogen-bond acceptors (Lipinski definition) is 7. The molecule has 0 N–H and O–H groups in total. The van der Waals surface area contributed by atoms with Gasteiger partial charge in [0.15, 0.2) is 5.65 Å². The lowest BCUT2D eigenvalue weighted by Gasteiger charge is -2.42. The molecule has 9 nitrogen and oxygen atoms in total. The van der Waals surface area contributed by atoms with Crippen LogP contribution in [-0.2, 0) is 14.8 Å². The van der Waals surface area contributed by atoms with Gasteiger partial charge in [-0.1, -0.05) is 24.6 Å². The maximum atomic E-state index is 13.3. The van der Waals surface area contributed by atoms with Gasteiger partial charge in [-0.2, -0.15) is 0 Å². The number of likely N-dealkylation sites (tertiary alicyclic amines) is 1. The minimum absolute atomic E-state index is 0.0218. The fourth-order valence-electron chi connectivity index (χ4n) is 4.42. The molecule has 0 bridgehead atoms. The van der Waals surface area contributed by atoms with Crippen LogP contribution >= 0.6 is 0 Å². The molecule has 2 atom stereocenters. The fraction of sp³-hybridized carbons (Fsp3) is 0.480. The smallest absolute Gasteiger partial charge is 0.410 e. The summed E-state index contributed by atoms with van der Waals surface area (Å²) < 4.78 is 33.4. The Morgan fingerprint density at radius 2 is 1.83 bits per heavy atom. The third-order valence-electron chi connectivity index (χ3n) is 6.41. The number of carbonyl (C=O) groups is 1. The first-order valence-corrected chi connectivity index (χ1v) is 13.2. The molecule has 1 aromatic carbocycles. The summed E-state index contributed by atoms with van der Waals surface area (Å²) in [6.45, 7) is 10.7. The predicted octanol–water partition coefficient (Wildman–Crippen LogP) is 4.06. The number of aromatic nitrogens is 3. The fourth-order valence-corrected chi connectivity index (χ4v) is 5.72. The molecule has 1 amide bonds. The maximum Gasteiger partial charge on any atom is 0.410 e. The van der Waals surface area contributed by atoms with Gasteiger partial charge in [0.1, 0.15) is 17.7 Å². The monoisotopic (exact) mass is 499 g/mol. The van der Waals surface area contributed by atoms with Crippen molar-refractivity contribution in [2.75, 3.05) is 25.0 Å². The molecule has 3 aromatic rings. The van der Waals surface area contributed by atoms with Crippen LogP contribution in [0.1, 0.15) is 39.7 Å². The molecule has 0 spiro atoms. The third-order valence-corrected chi connectivity index (χ3v) is 8.09. The van der Waals surface area contributed by atoms with Gasteiger partial charge in [-0.05, 0) is 58.2 Å². The molecule has 188 valence electrons. The summed E-state index contributed by atoms with van der Waals surface area (Å²) in [7, 11) is -1.89. The molecule has 0 radical (unpaired) electrons. The summed E-state index contributed by atoms with van der Waals surface area (Å²) in [4.78, 5) is 25.4. The van der Waals surface area contributed by atoms with E-state index in [-0.39, 0.29) is 17.0 Å². The van der Waals surface area contributed by atoms with E-state index in [4.69, 9.17) is 4.74 Å². The van der Waals surface area contributed by atoms with Crippen molar-refractivity contribution in [2.24, 2.45) is 5.92 Å². The van der Waals surface area contributed by atoms with Crippen LogP contribution in [0.2, 0.25) is 0 Å². The van der Waals surface area contributed by atoms with Crippen molar-refractivity contribution >= 4 is 33.0 Å². The van der Waals surface area contributed by atoms with Crippen LogP contribution in [0, 0.1) is 12.8 Å². The van der Waals surface area contributed by atoms with Crippen LogP contribution in [0.15, 0.2) is 47.8 Å². The van der Waals surface area contributed by atoms with Gasteiger partial charge >= 0.3 is 6.09 Å². The largest absolute Gasteiger partial charge is 0.444 e. The molecule has 0 aliphatic carbocycles. The highest BCUT2D eigenvalue weighted by molar-refractivity contribution is 7.90. The minimum atomic E-state index is -3.82. The zero-order valence-corrected chi connectivity index (χ0v) is 21.9. The van der Waals surface area contributed by atoms with Crippen LogP contribution in [0.3, 0.4) is 0 Å². The Morgan fingerprint density at radius 1 is 1.14 bits per heavy atom. The van der Waals surface area contributed by atoms with E-state index >= 15 is 0 Å². The van der Waals surface area contributed by atoms with Crippen LogP contribution in [0.25, 0.3) is 11.0 Å². The Balaban J connectivity index is 1.65. The normalized spacial score (nSPS) is 19.1. The number of fused-ring (bicyclic) bond motifs is 1. The number of benzene rings is 1. The van der Waals surface area contributed by atoms with Gasteiger partial charge in [0.25, 0.3) is 10.0 Å². The summed E-state index contributed by atoms with van der Waals surface area (Å²) >= 11 is 0. The van der Waals surface area contributed by atoms with Crippen LogP contribution in [0.4, 0.5) is 10.6 Å². The highest BCUT2D eigenvalue weighted by atomic mass is 32.2. The second-order valence-electron chi connectivity index (χ2n) is 10.2. The van der Waals surface area contributed by atoms with Gasteiger partial charge in [0.05, 0.1) is 16.3 Å². The Morgan fingerprint density at radius 3 is 2.49 bits per heavy atom. The van der Waals surface area contributed by atoms with Crippen LogP contribution in [-0.4, -0.2) is 65.1 Å². The van der Waals surface area contributed by atoms with E-state index in [9.17, 15) is 13.2 Å². The first-order valence-electron chi connectivity index (χ1n) is 11.7. The molecule has 0 saturated carbocycles. The second kappa shape index (κ2) is 9.14. The maximum absolute atomic E-state index is 13.3. The summed E-state index contributed by atoms with van der Waals surface area (Å²) in [5.74, 6) is 0.915. The molecule has 1 aliphatic heterocycles. The lowest BCUT2D eigenvalue weighted by molar-refractivity contribution is 0.0165. The zero-order chi connectivity index (χ0) is 25.5. The van der Waals surface area contributed by atoms with Crippen molar-refractivity contribution in [3.63, 3.8) is 0 Å². The van der Waals surface area contributed by atoms with E-state index in [1.807, 2.05) is 39.6 Å². The molecular weight excluding hydrogens is 466 g/mol. The van der Waals surface area contributed by atoms with Crippen LogP contribution in [0.5, 0.6) is 0 Å². The zero-order valence-electron chi connectivity index (χ0n) is 21.1. The van der Waals surface area contributed by atoms with Gasteiger partial charge in [0, 0.05) is 26.3 Å². The first-order chi connectivity index (χ1) is 16.4. The predicted molar refractivity (Wildman–Crippen MR) is 135 cm³/mol. The number of hydrogen-bond donors (Lipinski definition) is 0. The molecule has 10 heteroatoms. The minimum Gasteiger partial charge on any atom is -0.444 e. The SMILES string of the molecule is Cc1ccc(S(=O)(=O)n2ccc3c(N(C)C4CN(C(=O)OC(C)(C)C)CCC4C)ncnc32)cc1. The molecular formula is C25H33N5O4S. The molecule has 1 aliphatic rings. The molecule has 4 rings (SSSR count). The third kappa shape index (κ3) is 4.98. The highest BCUT2D eigenvalue weighted by Gasteiger charge is 2.35. The summed E-state index contributed by atoms with van der Waals surface area (Å²) in [5.41, 5.74) is 0.733. The number of anilines is 1. The van der Waals surface area contributed by atoms with E-state index in [0.717, 1.165) is 12.0 Å².